The van der Waals surface area contributed by atoms with Crippen molar-refractivity contribution in [2.45, 2.75) is 0 Å². The van der Waals surface area contributed by atoms with Crippen LogP contribution in [-0.4, -0.2) is 23.5 Å². The minimum Gasteiger partial charge on any atom is -0.590 e. The molecule has 0 unspecified atom stereocenters. The van der Waals surface area contributed by atoms with Gasteiger partial charge in [0.05, 0.1) is 18.9 Å². The monoisotopic (exact) mass is 360 g/mol. The third kappa shape index (κ3) is 5.02. The molecule has 2 aromatic carbocycles. The van der Waals surface area contributed by atoms with Gasteiger partial charge in [-0.3, -0.25) is 5.43 Å². The van der Waals surface area contributed by atoms with Crippen molar-refractivity contribution in [1.82, 2.24) is 5.43 Å². The molecule has 0 aliphatic rings. The van der Waals surface area contributed by atoms with E-state index >= 15 is 0 Å². The standard InChI is InChI=1S/C15H15N3O2S.Ni/c1-20-13-9-5-6-11(14(13)19)10-16-18-15(21)17-12-7-3-2-4-8-12;/h2-10,19H,1H3,(H2,17,18,21);/q;+2/p+1. The van der Waals surface area contributed by atoms with E-state index in [1.807, 2.05) is 30.3 Å². The molecule has 0 fully saturated rings. The first-order valence-electron chi connectivity index (χ1n) is 6.24. The molecule has 116 valence electrons. The van der Waals surface area contributed by atoms with Gasteiger partial charge in [-0.25, -0.2) is 0 Å². The molecule has 0 radical (unpaired) electrons. The average molecular weight is 361 g/mol. The summed E-state index contributed by atoms with van der Waals surface area (Å²) >= 11 is 5.13. The number of methoxy groups -OCH3 is 1. The molecule has 5 nitrogen and oxygen atoms in total. The number of para-hydroxylation sites is 2. The van der Waals surface area contributed by atoms with Crippen molar-refractivity contribution in [3.05, 3.63) is 54.1 Å². The van der Waals surface area contributed by atoms with Crippen LogP contribution in [0.1, 0.15) is 5.56 Å². The van der Waals surface area contributed by atoms with Gasteiger partial charge in [0.25, 0.3) is 0 Å². The number of anilines is 1. The van der Waals surface area contributed by atoms with Crippen molar-refractivity contribution in [2.24, 2.45) is 5.10 Å². The first-order chi connectivity index (χ1) is 10.2. The van der Waals surface area contributed by atoms with Crippen LogP contribution in [0.15, 0.2) is 53.6 Å². The molecule has 22 heavy (non-hydrogen) atoms. The summed E-state index contributed by atoms with van der Waals surface area (Å²) in [5, 5.41) is 15.3. The first kappa shape index (κ1) is 17.9. The third-order valence-corrected chi connectivity index (χ3v) is 2.87. The molecule has 0 bridgehead atoms. The molecule has 0 saturated carbocycles. The molecule has 0 aromatic heterocycles. The number of rotatable bonds is 4. The molecule has 0 amide bonds. The number of hydrogen-bond donors (Lipinski definition) is 2. The van der Waals surface area contributed by atoms with Crippen LogP contribution < -0.4 is 15.5 Å². The number of hydrogen-bond acceptors (Lipinski definition) is 3. The fraction of sp³-hybridized carbons (Fsp3) is 0.0667. The van der Waals surface area contributed by atoms with Gasteiger partial charge >= 0.3 is 22.2 Å². The molecule has 0 saturated heterocycles. The van der Waals surface area contributed by atoms with E-state index in [1.54, 1.807) is 18.2 Å². The van der Waals surface area contributed by atoms with Gasteiger partial charge in [-0.1, -0.05) is 24.3 Å². The molecule has 0 atom stereocenters. The van der Waals surface area contributed by atoms with Crippen molar-refractivity contribution < 1.29 is 26.3 Å². The predicted octanol–water partition coefficient (Wildman–Crippen LogP) is 2.45. The first-order valence-corrected chi connectivity index (χ1v) is 6.65. The van der Waals surface area contributed by atoms with E-state index < -0.39 is 0 Å². The molecular weight excluding hydrogens is 345 g/mol. The summed E-state index contributed by atoms with van der Waals surface area (Å²) in [5.41, 5.74) is 4.24. The SMILES string of the molecule is COc1cccc(C=NNC(=S)Nc2ccccc2)c1[OH2+].[Ni+2]. The van der Waals surface area contributed by atoms with Crippen LogP contribution in [0.4, 0.5) is 5.69 Å². The molecule has 0 aliphatic heterocycles. The quantitative estimate of drug-likeness (QED) is 0.289. The Balaban J connectivity index is 0.00000242. The van der Waals surface area contributed by atoms with Crippen LogP contribution in [0, 0.1) is 0 Å². The second-order valence-electron chi connectivity index (χ2n) is 4.11. The Morgan fingerprint density at radius 2 is 1.91 bits per heavy atom. The fourth-order valence-corrected chi connectivity index (χ4v) is 1.84. The van der Waals surface area contributed by atoms with Crippen molar-refractivity contribution >= 4 is 29.2 Å². The Kier molecular flexibility index (Phi) is 7.36. The predicted molar refractivity (Wildman–Crippen MR) is 89.4 cm³/mol. The zero-order valence-corrected chi connectivity index (χ0v) is 13.6. The van der Waals surface area contributed by atoms with Crippen LogP contribution in [-0.2, 0) is 16.5 Å². The molecule has 0 heterocycles. The summed E-state index contributed by atoms with van der Waals surface area (Å²) in [7, 11) is 1.53. The van der Waals surface area contributed by atoms with Gasteiger partial charge in [0, 0.05) is 5.69 Å². The number of ether oxygens (including phenoxy) is 1. The summed E-state index contributed by atoms with van der Waals surface area (Å²) in [4.78, 5) is 0. The van der Waals surface area contributed by atoms with Crippen molar-refractivity contribution in [3.63, 3.8) is 0 Å². The van der Waals surface area contributed by atoms with E-state index in [0.29, 0.717) is 16.4 Å². The number of thiocarbonyl (C=S) groups is 1. The maximum absolute atomic E-state index is 7.92. The average Bonchev–Trinajstić information content (AvgIpc) is 2.50. The zero-order chi connectivity index (χ0) is 15.1. The van der Waals surface area contributed by atoms with Gasteiger partial charge in [0.2, 0.25) is 5.75 Å². The van der Waals surface area contributed by atoms with Crippen LogP contribution in [0.2, 0.25) is 0 Å². The van der Waals surface area contributed by atoms with Crippen LogP contribution >= 0.6 is 12.2 Å². The van der Waals surface area contributed by atoms with E-state index in [4.69, 9.17) is 22.1 Å². The van der Waals surface area contributed by atoms with Crippen LogP contribution in [0.25, 0.3) is 0 Å². The van der Waals surface area contributed by atoms with Gasteiger partial charge in [-0.15, -0.1) is 0 Å². The van der Waals surface area contributed by atoms with Crippen LogP contribution in [0.5, 0.6) is 11.5 Å². The minimum absolute atomic E-state index is 0. The van der Waals surface area contributed by atoms with E-state index in [9.17, 15) is 0 Å². The molecule has 2 rings (SSSR count). The Morgan fingerprint density at radius 3 is 2.59 bits per heavy atom. The van der Waals surface area contributed by atoms with Crippen molar-refractivity contribution in [2.75, 3.05) is 12.4 Å². The molecule has 0 spiro atoms. The normalized spacial score (nSPS) is 9.86. The van der Waals surface area contributed by atoms with Gasteiger partial charge < -0.3 is 15.2 Å². The topological polar surface area (TPSA) is 68.5 Å². The molecule has 2 aromatic rings. The Labute approximate surface area is 144 Å². The molecule has 4 N–H and O–H groups in total. The number of hydrazone groups is 1. The summed E-state index contributed by atoms with van der Waals surface area (Å²) in [6.07, 6.45) is 1.53. The van der Waals surface area contributed by atoms with Crippen molar-refractivity contribution in [3.8, 4) is 11.5 Å². The van der Waals surface area contributed by atoms with Gasteiger partial charge in [0.15, 0.2) is 5.11 Å². The number of nitrogens with one attached hydrogen (secondary N) is 2. The summed E-state index contributed by atoms with van der Waals surface area (Å²) in [6, 6.07) is 14.9. The molecular formula is C15H16N3NiO2S+3. The number of benzene rings is 2. The summed E-state index contributed by atoms with van der Waals surface area (Å²) in [5.74, 6) is 0.788. The van der Waals surface area contributed by atoms with E-state index in [0.717, 1.165) is 5.69 Å². The summed E-state index contributed by atoms with van der Waals surface area (Å²) in [6.45, 7) is 0. The molecule has 0 aliphatic carbocycles. The summed E-state index contributed by atoms with van der Waals surface area (Å²) < 4.78 is 5.08. The van der Waals surface area contributed by atoms with Crippen LogP contribution in [0.3, 0.4) is 0 Å². The Hall–Kier alpha value is -2.11. The smallest absolute Gasteiger partial charge is 0.590 e. The Bertz CT molecular complexity index is 650. The Morgan fingerprint density at radius 1 is 1.18 bits per heavy atom. The largest absolute Gasteiger partial charge is 2.00 e. The van der Waals surface area contributed by atoms with E-state index in [1.165, 1.54) is 13.3 Å². The molecule has 7 heteroatoms. The maximum atomic E-state index is 7.92. The second kappa shape index (κ2) is 9.02. The van der Waals surface area contributed by atoms with Crippen molar-refractivity contribution in [1.29, 1.82) is 0 Å². The zero-order valence-electron chi connectivity index (χ0n) is 11.8. The van der Waals surface area contributed by atoms with E-state index in [2.05, 4.69) is 15.8 Å². The van der Waals surface area contributed by atoms with E-state index in [-0.39, 0.29) is 22.2 Å². The fourth-order valence-electron chi connectivity index (χ4n) is 1.67. The number of nitrogens with zero attached hydrogens (tertiary/aromatic N) is 1. The van der Waals surface area contributed by atoms with Gasteiger partial charge in [0.1, 0.15) is 0 Å². The maximum Gasteiger partial charge on any atom is 2.00 e. The van der Waals surface area contributed by atoms with Gasteiger partial charge in [-0.2, -0.15) is 5.10 Å². The minimum atomic E-state index is 0. The second-order valence-corrected chi connectivity index (χ2v) is 4.52. The van der Waals surface area contributed by atoms with Gasteiger partial charge in [-0.05, 0) is 36.5 Å². The third-order valence-electron chi connectivity index (χ3n) is 2.68.